The smallest absolute Gasteiger partial charge is 0.255 e. The highest BCUT2D eigenvalue weighted by Crippen LogP contribution is 2.44. The van der Waals surface area contributed by atoms with Crippen molar-refractivity contribution in [2.45, 2.75) is 33.2 Å². The van der Waals surface area contributed by atoms with E-state index in [4.69, 9.17) is 4.42 Å². The Hall–Kier alpha value is -4.04. The fourth-order valence-corrected chi connectivity index (χ4v) is 5.52. The van der Waals surface area contributed by atoms with E-state index in [9.17, 15) is 14.0 Å². The van der Waals surface area contributed by atoms with Crippen LogP contribution in [0.1, 0.15) is 47.1 Å². The highest BCUT2D eigenvalue weighted by atomic mass is 32.2. The van der Waals surface area contributed by atoms with Crippen molar-refractivity contribution in [1.29, 1.82) is 0 Å². The van der Waals surface area contributed by atoms with Crippen LogP contribution >= 0.6 is 11.9 Å². The number of carbonyl (C=O) groups is 2. The van der Waals surface area contributed by atoms with Crippen LogP contribution in [-0.4, -0.2) is 34.6 Å². The Kier molecular flexibility index (Phi) is 6.76. The summed E-state index contributed by atoms with van der Waals surface area (Å²) in [7, 11) is 1.57. The second kappa shape index (κ2) is 9.93. The first-order valence-corrected chi connectivity index (χ1v) is 13.8. The minimum atomic E-state index is -0.375. The lowest BCUT2D eigenvalue weighted by molar-refractivity contribution is 0.0918. The molecule has 0 fully saturated rings. The van der Waals surface area contributed by atoms with Crippen LogP contribution in [0.5, 0.6) is 0 Å². The van der Waals surface area contributed by atoms with Crippen molar-refractivity contribution in [2.75, 3.05) is 13.3 Å². The molecule has 0 saturated heterocycles. The van der Waals surface area contributed by atoms with Crippen LogP contribution in [0, 0.1) is 12.7 Å². The Morgan fingerprint density at radius 1 is 1.00 bits per heavy atom. The summed E-state index contributed by atoms with van der Waals surface area (Å²) in [5.74, 6) is -0.466. The normalized spacial score (nSPS) is 11.8. The van der Waals surface area contributed by atoms with E-state index in [2.05, 4.69) is 14.6 Å². The van der Waals surface area contributed by atoms with E-state index in [1.165, 1.54) is 12.1 Å². The largest absolute Gasteiger partial charge is 0.454 e. The topological polar surface area (TPSA) is 76.3 Å². The molecule has 2 aromatic heterocycles. The second-order valence-electron chi connectivity index (χ2n) is 10.5. The first-order valence-electron chi connectivity index (χ1n) is 12.6. The van der Waals surface area contributed by atoms with Crippen LogP contribution in [0.2, 0.25) is 0 Å². The minimum Gasteiger partial charge on any atom is -0.454 e. The van der Waals surface area contributed by atoms with Crippen molar-refractivity contribution in [3.8, 4) is 22.5 Å². The molecule has 2 N–H and O–H groups in total. The second-order valence-corrected chi connectivity index (χ2v) is 11.3. The summed E-state index contributed by atoms with van der Waals surface area (Å²) >= 11 is 1.55. The molecule has 0 saturated carbocycles. The number of benzene rings is 3. The Morgan fingerprint density at radius 3 is 2.36 bits per heavy atom. The number of fused-ring (bicyclic) bond motifs is 3. The lowest BCUT2D eigenvalue weighted by atomic mass is 9.95. The zero-order valence-corrected chi connectivity index (χ0v) is 23.5. The first-order chi connectivity index (χ1) is 18.5. The number of aromatic nitrogens is 1. The molecule has 5 aromatic rings. The van der Waals surface area contributed by atoms with Crippen LogP contribution < -0.4 is 10.6 Å². The average molecular weight is 544 g/mol. The van der Waals surface area contributed by atoms with E-state index in [1.54, 1.807) is 37.2 Å². The summed E-state index contributed by atoms with van der Waals surface area (Å²) in [6.07, 6.45) is 4.02. The van der Waals surface area contributed by atoms with Gasteiger partial charge in [0.15, 0.2) is 0 Å². The van der Waals surface area contributed by atoms with Gasteiger partial charge in [0, 0.05) is 52.5 Å². The molecule has 2 amide bonds. The maximum atomic E-state index is 13.7. The summed E-state index contributed by atoms with van der Waals surface area (Å²) in [4.78, 5) is 26.2. The monoisotopic (exact) mass is 543 g/mol. The van der Waals surface area contributed by atoms with Crippen molar-refractivity contribution in [3.05, 3.63) is 83.3 Å². The van der Waals surface area contributed by atoms with E-state index in [-0.39, 0.29) is 23.2 Å². The van der Waals surface area contributed by atoms with E-state index in [0.717, 1.165) is 27.6 Å². The van der Waals surface area contributed by atoms with Gasteiger partial charge < -0.3 is 15.1 Å². The fraction of sp³-hybridized carbons (Fsp3) is 0.226. The quantitative estimate of drug-likeness (QED) is 0.246. The third kappa shape index (κ3) is 4.81. The van der Waals surface area contributed by atoms with Gasteiger partial charge in [0.2, 0.25) is 0 Å². The molecular weight excluding hydrogens is 513 g/mol. The summed E-state index contributed by atoms with van der Waals surface area (Å²) in [5, 5.41) is 7.27. The molecule has 5 rings (SSSR count). The van der Waals surface area contributed by atoms with Crippen molar-refractivity contribution in [2.24, 2.45) is 0 Å². The summed E-state index contributed by atoms with van der Waals surface area (Å²) in [6, 6.07) is 15.3. The van der Waals surface area contributed by atoms with Crippen molar-refractivity contribution < 1.29 is 18.4 Å². The Morgan fingerprint density at radius 2 is 1.72 bits per heavy atom. The van der Waals surface area contributed by atoms with Crippen LogP contribution in [-0.2, 0) is 0 Å². The molecule has 0 aliphatic carbocycles. The average Bonchev–Trinajstić information content (AvgIpc) is 3.45. The summed E-state index contributed by atoms with van der Waals surface area (Å²) in [6.45, 7) is 7.83. The van der Waals surface area contributed by atoms with Crippen molar-refractivity contribution in [3.63, 3.8) is 0 Å². The molecule has 0 spiro atoms. The van der Waals surface area contributed by atoms with E-state index in [1.807, 2.05) is 64.4 Å². The molecule has 39 heavy (non-hydrogen) atoms. The van der Waals surface area contributed by atoms with E-state index < -0.39 is 0 Å². The summed E-state index contributed by atoms with van der Waals surface area (Å²) in [5.41, 5.74) is 5.33. The molecule has 0 aliphatic heterocycles. The first kappa shape index (κ1) is 26.6. The van der Waals surface area contributed by atoms with Crippen LogP contribution in [0.3, 0.4) is 0 Å². The van der Waals surface area contributed by atoms with Gasteiger partial charge in [0.05, 0.1) is 11.1 Å². The molecule has 0 unspecified atom stereocenters. The van der Waals surface area contributed by atoms with E-state index in [0.29, 0.717) is 33.4 Å². The molecule has 2 heterocycles. The van der Waals surface area contributed by atoms with Gasteiger partial charge in [0.25, 0.3) is 11.8 Å². The van der Waals surface area contributed by atoms with Crippen molar-refractivity contribution >= 4 is 45.6 Å². The van der Waals surface area contributed by atoms with Gasteiger partial charge >= 0.3 is 0 Å². The Bertz CT molecular complexity index is 1740. The van der Waals surface area contributed by atoms with Gasteiger partial charge in [-0.25, -0.2) is 4.39 Å². The molecule has 3 aromatic carbocycles. The number of nitrogens with one attached hydrogen (secondary N) is 2. The number of amides is 2. The molecule has 0 atom stereocenters. The van der Waals surface area contributed by atoms with Gasteiger partial charge in [-0.05, 0) is 93.2 Å². The molecular formula is C31H30FN3O3S. The van der Waals surface area contributed by atoms with Gasteiger partial charge in [-0.2, -0.15) is 0 Å². The number of rotatable bonds is 5. The maximum Gasteiger partial charge on any atom is 0.255 e. The SMILES string of the molecule is CNC(=O)c1c(-c2ccc(F)cc2)oc2c1cc(-c1cccc(C(=O)NC(C)(C)C)c1)c1c2c(C)cn1SC. The highest BCUT2D eigenvalue weighted by molar-refractivity contribution is 7.97. The van der Waals surface area contributed by atoms with Gasteiger partial charge in [0.1, 0.15) is 17.2 Å². The Balaban J connectivity index is 1.84. The molecule has 0 bridgehead atoms. The van der Waals surface area contributed by atoms with Gasteiger partial charge in [-0.15, -0.1) is 0 Å². The van der Waals surface area contributed by atoms with Gasteiger partial charge in [-0.1, -0.05) is 12.1 Å². The summed E-state index contributed by atoms with van der Waals surface area (Å²) < 4.78 is 22.2. The number of carbonyl (C=O) groups excluding carboxylic acids is 2. The Labute approximate surface area is 230 Å². The number of hydrogen-bond acceptors (Lipinski definition) is 4. The number of hydrogen-bond donors (Lipinski definition) is 2. The molecule has 6 nitrogen and oxygen atoms in total. The maximum absolute atomic E-state index is 13.7. The third-order valence-electron chi connectivity index (χ3n) is 6.56. The zero-order valence-electron chi connectivity index (χ0n) is 22.7. The third-order valence-corrected chi connectivity index (χ3v) is 7.24. The van der Waals surface area contributed by atoms with E-state index >= 15 is 0 Å². The highest BCUT2D eigenvalue weighted by Gasteiger charge is 2.27. The number of nitrogens with zero attached hydrogens (tertiary/aromatic N) is 1. The minimum absolute atomic E-state index is 0.161. The molecule has 0 aliphatic rings. The van der Waals surface area contributed by atoms with Crippen LogP contribution in [0.4, 0.5) is 4.39 Å². The van der Waals surface area contributed by atoms with Crippen LogP contribution in [0.25, 0.3) is 44.3 Å². The fourth-order valence-electron chi connectivity index (χ4n) is 4.88. The molecule has 0 radical (unpaired) electrons. The van der Waals surface area contributed by atoms with Gasteiger partial charge in [-0.3, -0.25) is 13.6 Å². The lowest BCUT2D eigenvalue weighted by Gasteiger charge is -2.20. The standard InChI is InChI=1S/C31H30FN3O3S/c1-17-16-35(39-6)26-22(19-8-7-9-20(14-19)29(36)34-31(2,3)4)15-23-25(30(37)33-5)27(38-28(23)24(17)26)18-10-12-21(32)13-11-18/h7-16H,1-6H3,(H,33,37)(H,34,36). The zero-order chi connectivity index (χ0) is 28.1. The number of furan rings is 1. The molecule has 8 heteroatoms. The lowest BCUT2D eigenvalue weighted by Crippen LogP contribution is -2.40. The van der Waals surface area contributed by atoms with Crippen molar-refractivity contribution in [1.82, 2.24) is 14.6 Å². The predicted molar refractivity (Wildman–Crippen MR) is 157 cm³/mol. The number of halogens is 1. The number of aryl methyl sites for hydroxylation is 1. The molecule has 200 valence electrons. The predicted octanol–water partition coefficient (Wildman–Crippen LogP) is 7.18. The van der Waals surface area contributed by atoms with Crippen LogP contribution in [0.15, 0.2) is 65.2 Å².